The number of piperidine rings is 1. The van der Waals surface area contributed by atoms with Gasteiger partial charge in [0.2, 0.25) is 0 Å². The van der Waals surface area contributed by atoms with Crippen LogP contribution in [0.4, 0.5) is 0 Å². The molecule has 1 saturated heterocycles. The lowest BCUT2D eigenvalue weighted by molar-refractivity contribution is -0.143. The van der Waals surface area contributed by atoms with Crippen LogP contribution in [0.1, 0.15) is 24.8 Å². The van der Waals surface area contributed by atoms with Crippen molar-refractivity contribution in [1.82, 2.24) is 4.90 Å². The summed E-state index contributed by atoms with van der Waals surface area (Å²) in [7, 11) is 0. The van der Waals surface area contributed by atoms with Crippen LogP contribution in [0.5, 0.6) is 5.75 Å². The number of aliphatic carboxylic acids is 1. The Bertz CT molecular complexity index is 532. The van der Waals surface area contributed by atoms with Crippen LogP contribution in [0, 0.1) is 5.92 Å². The summed E-state index contributed by atoms with van der Waals surface area (Å²) in [5, 5.41) is 8.89. The van der Waals surface area contributed by atoms with E-state index in [0.29, 0.717) is 19.5 Å². The summed E-state index contributed by atoms with van der Waals surface area (Å²) < 4.78 is 5.73. The lowest BCUT2D eigenvalue weighted by Gasteiger charge is -2.33. The highest BCUT2D eigenvalue weighted by Gasteiger charge is 2.34. The molecule has 21 heavy (non-hydrogen) atoms. The second kappa shape index (κ2) is 5.76. The summed E-state index contributed by atoms with van der Waals surface area (Å²) in [6, 6.07) is 7.70. The summed E-state index contributed by atoms with van der Waals surface area (Å²) in [6.07, 6.45) is 2.03. The Hall–Kier alpha value is -2.04. The van der Waals surface area contributed by atoms with E-state index >= 15 is 0 Å². The number of likely N-dealkylation sites (tertiary alicyclic amines) is 1. The highest BCUT2D eigenvalue weighted by Crippen LogP contribution is 2.30. The third kappa shape index (κ3) is 3.01. The first-order chi connectivity index (χ1) is 10.1. The maximum atomic E-state index is 12.6. The molecule has 0 bridgehead atoms. The highest BCUT2D eigenvalue weighted by atomic mass is 16.5. The van der Waals surface area contributed by atoms with Crippen molar-refractivity contribution in [2.45, 2.75) is 31.8 Å². The van der Waals surface area contributed by atoms with Gasteiger partial charge in [0.25, 0.3) is 5.91 Å². The molecule has 2 aliphatic rings. The molecule has 1 fully saturated rings. The van der Waals surface area contributed by atoms with Gasteiger partial charge in [0.05, 0.1) is 0 Å². The topological polar surface area (TPSA) is 66.8 Å². The zero-order valence-electron chi connectivity index (χ0n) is 11.8. The summed E-state index contributed by atoms with van der Waals surface area (Å²) in [6.45, 7) is 1.23. The molecule has 3 rings (SSSR count). The number of carbonyl (C=O) groups excluding carboxylic acids is 1. The molecule has 1 aromatic carbocycles. The van der Waals surface area contributed by atoms with Crippen LogP contribution in [0.3, 0.4) is 0 Å². The molecule has 0 saturated carbocycles. The van der Waals surface area contributed by atoms with E-state index in [4.69, 9.17) is 9.84 Å². The maximum absolute atomic E-state index is 12.6. The van der Waals surface area contributed by atoms with Gasteiger partial charge in [-0.3, -0.25) is 9.59 Å². The second-order valence-corrected chi connectivity index (χ2v) is 5.81. The minimum atomic E-state index is -0.793. The number of fused-ring (bicyclic) bond motifs is 1. The number of carboxylic acid groups (broad SMARTS) is 1. The first-order valence-corrected chi connectivity index (χ1v) is 7.38. The van der Waals surface area contributed by atoms with E-state index < -0.39 is 12.1 Å². The first kappa shape index (κ1) is 13.9. The highest BCUT2D eigenvalue weighted by molar-refractivity contribution is 5.82. The SMILES string of the molecule is O=C(O)CC1CCCN(C(=O)C2Cc3ccccc3O2)C1. The van der Waals surface area contributed by atoms with Crippen LogP contribution in [0.15, 0.2) is 24.3 Å². The molecule has 1 amide bonds. The summed E-state index contributed by atoms with van der Waals surface area (Å²) in [5.41, 5.74) is 1.06. The third-order valence-electron chi connectivity index (χ3n) is 4.22. The molecule has 112 valence electrons. The van der Waals surface area contributed by atoms with Crippen molar-refractivity contribution < 1.29 is 19.4 Å². The number of hydrogen-bond acceptors (Lipinski definition) is 3. The lowest BCUT2D eigenvalue weighted by Crippen LogP contribution is -2.46. The molecule has 2 unspecified atom stereocenters. The van der Waals surface area contributed by atoms with Gasteiger partial charge in [-0.2, -0.15) is 0 Å². The number of carbonyl (C=O) groups is 2. The summed E-state index contributed by atoms with van der Waals surface area (Å²) in [4.78, 5) is 25.1. The molecule has 0 aromatic heterocycles. The monoisotopic (exact) mass is 289 g/mol. The number of nitrogens with zero attached hydrogens (tertiary/aromatic N) is 1. The molecule has 0 aliphatic carbocycles. The van der Waals surface area contributed by atoms with Crippen molar-refractivity contribution in [3.63, 3.8) is 0 Å². The zero-order valence-corrected chi connectivity index (χ0v) is 11.8. The van der Waals surface area contributed by atoms with Gasteiger partial charge in [-0.05, 0) is 30.4 Å². The number of rotatable bonds is 3. The van der Waals surface area contributed by atoms with E-state index in [0.717, 1.165) is 24.2 Å². The Morgan fingerprint density at radius 2 is 2.14 bits per heavy atom. The van der Waals surface area contributed by atoms with Gasteiger partial charge in [0.1, 0.15) is 5.75 Å². The normalized spacial score (nSPS) is 24.3. The second-order valence-electron chi connectivity index (χ2n) is 5.81. The molecular weight excluding hydrogens is 270 g/mol. The van der Waals surface area contributed by atoms with Crippen LogP contribution < -0.4 is 4.74 Å². The number of hydrogen-bond donors (Lipinski definition) is 1. The van der Waals surface area contributed by atoms with Crippen molar-refractivity contribution in [1.29, 1.82) is 0 Å². The minimum absolute atomic E-state index is 0.0127. The first-order valence-electron chi connectivity index (χ1n) is 7.38. The van der Waals surface area contributed by atoms with Gasteiger partial charge in [-0.1, -0.05) is 18.2 Å². The van der Waals surface area contributed by atoms with Crippen LogP contribution in [-0.2, 0) is 16.0 Å². The molecule has 1 aromatic rings. The Morgan fingerprint density at radius 1 is 1.33 bits per heavy atom. The van der Waals surface area contributed by atoms with Crippen molar-refractivity contribution in [3.05, 3.63) is 29.8 Å². The van der Waals surface area contributed by atoms with Crippen molar-refractivity contribution >= 4 is 11.9 Å². The number of benzene rings is 1. The van der Waals surface area contributed by atoms with E-state index in [2.05, 4.69) is 0 Å². The van der Waals surface area contributed by atoms with Crippen molar-refractivity contribution in [2.24, 2.45) is 5.92 Å². The van der Waals surface area contributed by atoms with E-state index in [1.54, 1.807) is 4.90 Å². The number of amides is 1. The lowest BCUT2D eigenvalue weighted by atomic mass is 9.94. The molecule has 2 atom stereocenters. The van der Waals surface area contributed by atoms with Gasteiger partial charge < -0.3 is 14.7 Å². The van der Waals surface area contributed by atoms with Gasteiger partial charge in [0, 0.05) is 25.9 Å². The summed E-state index contributed by atoms with van der Waals surface area (Å²) in [5.74, 6) is 0.0408. The van der Waals surface area contributed by atoms with Crippen LogP contribution in [0.25, 0.3) is 0 Å². The summed E-state index contributed by atoms with van der Waals surface area (Å²) >= 11 is 0. The standard InChI is InChI=1S/C16H19NO4/c18-15(19)8-11-4-3-7-17(10-11)16(20)14-9-12-5-1-2-6-13(12)21-14/h1-2,5-6,11,14H,3-4,7-10H2,(H,18,19). The average molecular weight is 289 g/mol. The van der Waals surface area contributed by atoms with Crippen molar-refractivity contribution in [2.75, 3.05) is 13.1 Å². The quantitative estimate of drug-likeness (QED) is 0.919. The number of carboxylic acids is 1. The third-order valence-corrected chi connectivity index (χ3v) is 4.22. The van der Waals surface area contributed by atoms with E-state index in [1.807, 2.05) is 24.3 Å². The minimum Gasteiger partial charge on any atom is -0.481 e. The van der Waals surface area contributed by atoms with E-state index in [9.17, 15) is 9.59 Å². The molecule has 5 heteroatoms. The molecule has 0 spiro atoms. The largest absolute Gasteiger partial charge is 0.481 e. The van der Waals surface area contributed by atoms with Crippen LogP contribution >= 0.6 is 0 Å². The maximum Gasteiger partial charge on any atom is 0.303 e. The Balaban J connectivity index is 1.62. The predicted octanol–water partition coefficient (Wildman–Crippen LogP) is 1.70. The zero-order chi connectivity index (χ0) is 14.8. The van der Waals surface area contributed by atoms with Gasteiger partial charge >= 0.3 is 5.97 Å². The van der Waals surface area contributed by atoms with Crippen molar-refractivity contribution in [3.8, 4) is 5.75 Å². The smallest absolute Gasteiger partial charge is 0.303 e. The Kier molecular flexibility index (Phi) is 3.82. The fourth-order valence-electron chi connectivity index (χ4n) is 3.20. The molecule has 2 heterocycles. The average Bonchev–Trinajstić information content (AvgIpc) is 2.90. The number of ether oxygens (including phenoxy) is 1. The molecule has 0 radical (unpaired) electrons. The van der Waals surface area contributed by atoms with Crippen LogP contribution in [-0.4, -0.2) is 41.1 Å². The number of para-hydroxylation sites is 1. The van der Waals surface area contributed by atoms with Crippen LogP contribution in [0.2, 0.25) is 0 Å². The van der Waals surface area contributed by atoms with E-state index in [1.165, 1.54) is 0 Å². The molecule has 1 N–H and O–H groups in total. The fraction of sp³-hybridized carbons (Fsp3) is 0.500. The van der Waals surface area contributed by atoms with Gasteiger partial charge in [0.15, 0.2) is 6.10 Å². The molecule has 5 nitrogen and oxygen atoms in total. The molecular formula is C16H19NO4. The van der Waals surface area contributed by atoms with Gasteiger partial charge in [-0.15, -0.1) is 0 Å². The Morgan fingerprint density at radius 3 is 2.90 bits per heavy atom. The Labute approximate surface area is 123 Å². The van der Waals surface area contributed by atoms with E-state index in [-0.39, 0.29) is 18.2 Å². The predicted molar refractivity (Wildman–Crippen MR) is 76.1 cm³/mol. The van der Waals surface area contributed by atoms with Gasteiger partial charge in [-0.25, -0.2) is 0 Å². The fourth-order valence-corrected chi connectivity index (χ4v) is 3.20. The molecule has 2 aliphatic heterocycles.